The Morgan fingerprint density at radius 2 is 2.00 bits per heavy atom. The number of nitrogen functional groups attached to an aromatic ring is 1. The van der Waals surface area contributed by atoms with Gasteiger partial charge in [-0.25, -0.2) is 4.98 Å². The molecule has 4 heteroatoms. The molecule has 0 aliphatic carbocycles. The second-order valence-corrected chi connectivity index (χ2v) is 2.34. The van der Waals surface area contributed by atoms with Gasteiger partial charge in [0, 0.05) is 14.1 Å². The van der Waals surface area contributed by atoms with E-state index in [1.54, 1.807) is 6.20 Å². The molecule has 0 fully saturated rings. The molecule has 0 amide bonds. The van der Waals surface area contributed by atoms with E-state index >= 15 is 0 Å². The first-order valence-corrected chi connectivity index (χ1v) is 3.09. The standard InChI is InChI=1S/C7H11N3.ClH/c1-10(2)7-4-3-6(8)5-9-7;/h3-5H,8H2,1-2H3;1H. The fourth-order valence-electron chi connectivity index (χ4n) is 0.662. The molecule has 0 aliphatic heterocycles. The minimum Gasteiger partial charge on any atom is -0.397 e. The van der Waals surface area contributed by atoms with Crippen molar-refractivity contribution in [1.29, 1.82) is 0 Å². The zero-order chi connectivity index (χ0) is 7.56. The van der Waals surface area contributed by atoms with Gasteiger partial charge in [-0.05, 0) is 12.1 Å². The zero-order valence-corrected chi connectivity index (χ0v) is 7.43. The Hall–Kier alpha value is -0.960. The first-order chi connectivity index (χ1) is 4.70. The Bertz CT molecular complexity index is 207. The molecule has 0 aliphatic rings. The van der Waals surface area contributed by atoms with E-state index < -0.39 is 0 Å². The summed E-state index contributed by atoms with van der Waals surface area (Å²) in [6.07, 6.45) is 1.65. The van der Waals surface area contributed by atoms with Gasteiger partial charge in [-0.1, -0.05) is 0 Å². The third-order valence-corrected chi connectivity index (χ3v) is 1.23. The molecule has 0 radical (unpaired) electrons. The number of anilines is 2. The highest BCUT2D eigenvalue weighted by Gasteiger charge is 1.92. The maximum atomic E-state index is 5.45. The average molecular weight is 174 g/mol. The molecule has 0 bridgehead atoms. The molecular formula is C7H12ClN3. The molecule has 1 aromatic heterocycles. The molecule has 1 rings (SSSR count). The zero-order valence-electron chi connectivity index (χ0n) is 6.61. The number of pyridine rings is 1. The highest BCUT2D eigenvalue weighted by molar-refractivity contribution is 5.85. The van der Waals surface area contributed by atoms with Gasteiger partial charge in [0.05, 0.1) is 11.9 Å². The molecule has 11 heavy (non-hydrogen) atoms. The Morgan fingerprint density at radius 1 is 1.36 bits per heavy atom. The van der Waals surface area contributed by atoms with E-state index in [0.717, 1.165) is 5.82 Å². The smallest absolute Gasteiger partial charge is 0.128 e. The highest BCUT2D eigenvalue weighted by atomic mass is 35.5. The lowest BCUT2D eigenvalue weighted by Gasteiger charge is -2.09. The van der Waals surface area contributed by atoms with Crippen molar-refractivity contribution >= 4 is 23.9 Å². The number of aromatic nitrogens is 1. The summed E-state index contributed by atoms with van der Waals surface area (Å²) in [5.74, 6) is 0.925. The maximum Gasteiger partial charge on any atom is 0.128 e. The van der Waals surface area contributed by atoms with E-state index in [2.05, 4.69) is 4.98 Å². The summed E-state index contributed by atoms with van der Waals surface area (Å²) in [6.45, 7) is 0. The number of hydrogen-bond acceptors (Lipinski definition) is 3. The molecule has 0 saturated heterocycles. The van der Waals surface area contributed by atoms with Gasteiger partial charge in [0.2, 0.25) is 0 Å². The molecule has 3 nitrogen and oxygen atoms in total. The van der Waals surface area contributed by atoms with Crippen LogP contribution in [0, 0.1) is 0 Å². The summed E-state index contributed by atoms with van der Waals surface area (Å²) in [5, 5.41) is 0. The lowest BCUT2D eigenvalue weighted by molar-refractivity contribution is 1.07. The minimum atomic E-state index is 0. The second kappa shape index (κ2) is 4.03. The normalized spacial score (nSPS) is 8.55. The number of hydrogen-bond donors (Lipinski definition) is 1. The van der Waals surface area contributed by atoms with Crippen LogP contribution >= 0.6 is 12.4 Å². The van der Waals surface area contributed by atoms with Crippen molar-refractivity contribution in [3.05, 3.63) is 18.3 Å². The number of nitrogens with two attached hydrogens (primary N) is 1. The van der Waals surface area contributed by atoms with E-state index in [1.165, 1.54) is 0 Å². The Labute approximate surface area is 72.6 Å². The van der Waals surface area contributed by atoms with Gasteiger partial charge in [0.15, 0.2) is 0 Å². The molecule has 1 aromatic rings. The maximum absolute atomic E-state index is 5.45. The first kappa shape index (κ1) is 10.0. The van der Waals surface area contributed by atoms with E-state index in [1.807, 2.05) is 31.1 Å². The fraction of sp³-hybridized carbons (Fsp3) is 0.286. The van der Waals surface area contributed by atoms with Crippen LogP contribution in [0.5, 0.6) is 0 Å². The topological polar surface area (TPSA) is 42.1 Å². The van der Waals surface area contributed by atoms with Crippen molar-refractivity contribution in [1.82, 2.24) is 4.98 Å². The third-order valence-electron chi connectivity index (χ3n) is 1.23. The van der Waals surface area contributed by atoms with E-state index in [-0.39, 0.29) is 12.4 Å². The van der Waals surface area contributed by atoms with Crippen LogP contribution in [0.4, 0.5) is 11.5 Å². The molecular weight excluding hydrogens is 162 g/mol. The number of halogens is 1. The lowest BCUT2D eigenvalue weighted by Crippen LogP contribution is -2.10. The van der Waals surface area contributed by atoms with Gasteiger partial charge < -0.3 is 10.6 Å². The number of nitrogens with zero attached hydrogens (tertiary/aromatic N) is 2. The molecule has 1 heterocycles. The fourth-order valence-corrected chi connectivity index (χ4v) is 0.662. The quantitative estimate of drug-likeness (QED) is 0.693. The van der Waals surface area contributed by atoms with Gasteiger partial charge >= 0.3 is 0 Å². The van der Waals surface area contributed by atoms with Crippen LogP contribution < -0.4 is 10.6 Å². The molecule has 0 saturated carbocycles. The van der Waals surface area contributed by atoms with E-state index in [0.29, 0.717) is 5.69 Å². The van der Waals surface area contributed by atoms with Crippen molar-refractivity contribution in [2.24, 2.45) is 0 Å². The summed E-state index contributed by atoms with van der Waals surface area (Å²) in [4.78, 5) is 6.01. The molecule has 2 N–H and O–H groups in total. The van der Waals surface area contributed by atoms with Crippen LogP contribution in [0.25, 0.3) is 0 Å². The van der Waals surface area contributed by atoms with Gasteiger partial charge in [0.1, 0.15) is 5.82 Å². The summed E-state index contributed by atoms with van der Waals surface area (Å²) < 4.78 is 0. The first-order valence-electron chi connectivity index (χ1n) is 3.09. The van der Waals surface area contributed by atoms with Gasteiger partial charge in [0.25, 0.3) is 0 Å². The van der Waals surface area contributed by atoms with Crippen LogP contribution in [0.3, 0.4) is 0 Å². The SMILES string of the molecule is CN(C)c1ccc(N)cn1.Cl. The van der Waals surface area contributed by atoms with Gasteiger partial charge in [-0.15, -0.1) is 12.4 Å². The minimum absolute atomic E-state index is 0. The van der Waals surface area contributed by atoms with Crippen molar-refractivity contribution in [3.63, 3.8) is 0 Å². The van der Waals surface area contributed by atoms with Crippen molar-refractivity contribution in [2.75, 3.05) is 24.7 Å². The largest absolute Gasteiger partial charge is 0.397 e. The monoisotopic (exact) mass is 173 g/mol. The van der Waals surface area contributed by atoms with Crippen molar-refractivity contribution in [2.45, 2.75) is 0 Å². The molecule has 0 atom stereocenters. The molecule has 0 spiro atoms. The number of rotatable bonds is 1. The van der Waals surface area contributed by atoms with Crippen LogP contribution in [-0.2, 0) is 0 Å². The summed E-state index contributed by atoms with van der Waals surface area (Å²) in [5.41, 5.74) is 6.15. The molecule has 0 unspecified atom stereocenters. The second-order valence-electron chi connectivity index (χ2n) is 2.34. The summed E-state index contributed by atoms with van der Waals surface area (Å²) in [6, 6.07) is 3.72. The van der Waals surface area contributed by atoms with E-state index in [4.69, 9.17) is 5.73 Å². The Kier molecular flexibility index (Phi) is 3.68. The molecule has 0 aromatic carbocycles. The Balaban J connectivity index is 0.000001000. The van der Waals surface area contributed by atoms with E-state index in [9.17, 15) is 0 Å². The highest BCUT2D eigenvalue weighted by Crippen LogP contribution is 2.07. The van der Waals surface area contributed by atoms with Crippen molar-refractivity contribution < 1.29 is 0 Å². The van der Waals surface area contributed by atoms with Crippen LogP contribution in [-0.4, -0.2) is 19.1 Å². The Morgan fingerprint density at radius 3 is 2.36 bits per heavy atom. The summed E-state index contributed by atoms with van der Waals surface area (Å²) >= 11 is 0. The van der Waals surface area contributed by atoms with Crippen LogP contribution in [0.1, 0.15) is 0 Å². The summed E-state index contributed by atoms with van der Waals surface area (Å²) in [7, 11) is 3.89. The lowest BCUT2D eigenvalue weighted by atomic mass is 10.4. The third kappa shape index (κ3) is 2.63. The van der Waals surface area contributed by atoms with Crippen molar-refractivity contribution in [3.8, 4) is 0 Å². The molecule has 62 valence electrons. The van der Waals surface area contributed by atoms with Crippen LogP contribution in [0.15, 0.2) is 18.3 Å². The van der Waals surface area contributed by atoms with Crippen LogP contribution in [0.2, 0.25) is 0 Å². The van der Waals surface area contributed by atoms with Gasteiger partial charge in [-0.2, -0.15) is 0 Å². The average Bonchev–Trinajstić information content (AvgIpc) is 1.88. The van der Waals surface area contributed by atoms with Gasteiger partial charge in [-0.3, -0.25) is 0 Å². The predicted molar refractivity (Wildman–Crippen MR) is 50.2 cm³/mol. The predicted octanol–water partition coefficient (Wildman–Crippen LogP) is 1.15.